The van der Waals surface area contributed by atoms with Gasteiger partial charge in [0.15, 0.2) is 5.13 Å². The van der Waals surface area contributed by atoms with Crippen LogP contribution in [-0.4, -0.2) is 34.7 Å². The lowest BCUT2D eigenvalue weighted by Gasteiger charge is -2.13. The molecule has 1 atom stereocenters. The summed E-state index contributed by atoms with van der Waals surface area (Å²) in [6, 6.07) is 0. The Balaban J connectivity index is 0.00000112. The average Bonchev–Trinajstić information content (AvgIpc) is 2.76. The summed E-state index contributed by atoms with van der Waals surface area (Å²) in [5, 5.41) is 9.63. The molecule has 0 aliphatic carbocycles. The number of hydrogen-bond acceptors (Lipinski definition) is 5. The summed E-state index contributed by atoms with van der Waals surface area (Å²) < 4.78 is 0. The summed E-state index contributed by atoms with van der Waals surface area (Å²) in [6.07, 6.45) is 2.94. The van der Waals surface area contributed by atoms with Crippen LogP contribution in [0.2, 0.25) is 0 Å². The van der Waals surface area contributed by atoms with E-state index in [1.807, 2.05) is 6.20 Å². The molecule has 0 bridgehead atoms. The quantitative estimate of drug-likeness (QED) is 0.838. The van der Waals surface area contributed by atoms with Crippen LogP contribution in [0.3, 0.4) is 0 Å². The topological polar surface area (TPSA) is 62.4 Å². The summed E-state index contributed by atoms with van der Waals surface area (Å²) in [7, 11) is 0. The van der Waals surface area contributed by atoms with Gasteiger partial charge in [-0.2, -0.15) is 0 Å². The zero-order valence-electron chi connectivity index (χ0n) is 8.43. The number of rotatable bonds is 3. The van der Waals surface area contributed by atoms with Crippen molar-refractivity contribution in [1.29, 1.82) is 0 Å². The predicted molar refractivity (Wildman–Crippen MR) is 64.2 cm³/mol. The molecule has 15 heavy (non-hydrogen) atoms. The largest absolute Gasteiger partial charge is 0.396 e. The fraction of sp³-hybridized carbons (Fsp3) is 0.667. The van der Waals surface area contributed by atoms with Gasteiger partial charge in [-0.25, -0.2) is 4.98 Å². The second-order valence-corrected chi connectivity index (χ2v) is 4.88. The lowest BCUT2D eigenvalue weighted by molar-refractivity contribution is 0.220. The molecule has 0 saturated carbocycles. The molecule has 0 radical (unpaired) electrons. The lowest BCUT2D eigenvalue weighted by atomic mass is 10.1. The predicted octanol–water partition coefficient (Wildman–Crippen LogP) is 0.961. The third kappa shape index (κ3) is 3.31. The molecule has 0 spiro atoms. The minimum atomic E-state index is 0. The summed E-state index contributed by atoms with van der Waals surface area (Å²) in [5.41, 5.74) is 5.56. The van der Waals surface area contributed by atoms with Crippen LogP contribution >= 0.6 is 23.7 Å². The number of nitrogen functional groups attached to an aromatic ring is 1. The van der Waals surface area contributed by atoms with Gasteiger partial charge in [-0.3, -0.25) is 4.90 Å². The highest BCUT2D eigenvalue weighted by Crippen LogP contribution is 2.21. The number of aliphatic hydroxyl groups excluding tert-OH is 1. The van der Waals surface area contributed by atoms with Gasteiger partial charge in [0.25, 0.3) is 0 Å². The summed E-state index contributed by atoms with van der Waals surface area (Å²) in [6.45, 7) is 3.30. The Kier molecular flexibility index (Phi) is 4.79. The maximum absolute atomic E-state index is 9.00. The van der Waals surface area contributed by atoms with Gasteiger partial charge < -0.3 is 10.8 Å². The number of nitrogens with zero attached hydrogens (tertiary/aromatic N) is 2. The number of aromatic nitrogens is 1. The standard InChI is InChI=1S/C9H15N3OS.ClH/c10-9-11-3-8(14-9)5-12-2-1-7(4-12)6-13;/h3,7,13H,1-2,4-6H2,(H2,10,11);1H/t7-;/m1./s1. The molecule has 0 amide bonds. The van der Waals surface area contributed by atoms with E-state index in [4.69, 9.17) is 10.8 Å². The zero-order valence-corrected chi connectivity index (χ0v) is 10.1. The highest BCUT2D eigenvalue weighted by molar-refractivity contribution is 7.15. The molecule has 86 valence electrons. The van der Waals surface area contributed by atoms with Crippen LogP contribution in [0.5, 0.6) is 0 Å². The van der Waals surface area contributed by atoms with Crippen molar-refractivity contribution in [2.75, 3.05) is 25.4 Å². The fourth-order valence-electron chi connectivity index (χ4n) is 1.82. The number of anilines is 1. The Labute approximate surface area is 99.5 Å². The molecule has 2 rings (SSSR count). The molecule has 4 nitrogen and oxygen atoms in total. The highest BCUT2D eigenvalue weighted by atomic mass is 35.5. The minimum absolute atomic E-state index is 0. The molecular weight excluding hydrogens is 234 g/mol. The minimum Gasteiger partial charge on any atom is -0.396 e. The van der Waals surface area contributed by atoms with E-state index in [9.17, 15) is 0 Å². The first kappa shape index (κ1) is 12.7. The van der Waals surface area contributed by atoms with Crippen LogP contribution in [0, 0.1) is 5.92 Å². The van der Waals surface area contributed by atoms with Gasteiger partial charge in [0.1, 0.15) is 0 Å². The molecular formula is C9H16ClN3OS. The van der Waals surface area contributed by atoms with Gasteiger partial charge in [0.05, 0.1) is 0 Å². The van der Waals surface area contributed by atoms with Crippen LogP contribution in [0.15, 0.2) is 6.20 Å². The van der Waals surface area contributed by atoms with E-state index in [-0.39, 0.29) is 12.4 Å². The lowest BCUT2D eigenvalue weighted by Crippen LogP contribution is -2.20. The molecule has 2 heterocycles. The first-order chi connectivity index (χ1) is 6.78. The Bertz CT molecular complexity index is 307. The second kappa shape index (κ2) is 5.65. The number of thiazole rings is 1. The number of halogens is 1. The SMILES string of the molecule is Cl.Nc1ncc(CN2CC[C@@H](CO)C2)s1. The van der Waals surface area contributed by atoms with Crippen molar-refractivity contribution >= 4 is 28.9 Å². The van der Waals surface area contributed by atoms with Crippen LogP contribution < -0.4 is 5.73 Å². The van der Waals surface area contributed by atoms with Crippen molar-refractivity contribution in [3.63, 3.8) is 0 Å². The first-order valence-electron chi connectivity index (χ1n) is 4.81. The number of nitrogens with two attached hydrogens (primary N) is 1. The summed E-state index contributed by atoms with van der Waals surface area (Å²) in [5.74, 6) is 0.459. The van der Waals surface area contributed by atoms with E-state index in [0.717, 1.165) is 26.1 Å². The van der Waals surface area contributed by atoms with E-state index in [1.54, 1.807) is 11.3 Å². The second-order valence-electron chi connectivity index (χ2n) is 3.74. The van der Waals surface area contributed by atoms with E-state index in [0.29, 0.717) is 17.7 Å². The smallest absolute Gasteiger partial charge is 0.180 e. The van der Waals surface area contributed by atoms with Crippen LogP contribution in [0.1, 0.15) is 11.3 Å². The fourth-order valence-corrected chi connectivity index (χ4v) is 2.55. The number of aliphatic hydroxyl groups is 1. The highest BCUT2D eigenvalue weighted by Gasteiger charge is 2.21. The molecule has 1 aliphatic heterocycles. The van der Waals surface area contributed by atoms with E-state index >= 15 is 0 Å². The summed E-state index contributed by atoms with van der Waals surface area (Å²) in [4.78, 5) is 7.57. The Morgan fingerprint density at radius 1 is 1.67 bits per heavy atom. The van der Waals surface area contributed by atoms with Gasteiger partial charge in [0, 0.05) is 30.8 Å². The van der Waals surface area contributed by atoms with Crippen molar-refractivity contribution in [2.45, 2.75) is 13.0 Å². The first-order valence-corrected chi connectivity index (χ1v) is 5.63. The van der Waals surface area contributed by atoms with Crippen LogP contribution in [-0.2, 0) is 6.54 Å². The molecule has 0 unspecified atom stereocenters. The average molecular weight is 250 g/mol. The Hall–Kier alpha value is -0.360. The van der Waals surface area contributed by atoms with Crippen molar-refractivity contribution < 1.29 is 5.11 Å². The van der Waals surface area contributed by atoms with Gasteiger partial charge in [-0.05, 0) is 18.9 Å². The number of likely N-dealkylation sites (tertiary alicyclic amines) is 1. The zero-order chi connectivity index (χ0) is 9.97. The molecule has 3 N–H and O–H groups in total. The molecule has 6 heteroatoms. The van der Waals surface area contributed by atoms with E-state index in [1.165, 1.54) is 4.88 Å². The van der Waals surface area contributed by atoms with Crippen molar-refractivity contribution in [2.24, 2.45) is 5.92 Å². The molecule has 0 aromatic carbocycles. The van der Waals surface area contributed by atoms with Crippen LogP contribution in [0.4, 0.5) is 5.13 Å². The number of hydrogen-bond donors (Lipinski definition) is 2. The van der Waals surface area contributed by atoms with Gasteiger partial charge in [-0.15, -0.1) is 23.7 Å². The van der Waals surface area contributed by atoms with Crippen molar-refractivity contribution in [3.05, 3.63) is 11.1 Å². The molecule has 1 fully saturated rings. The summed E-state index contributed by atoms with van der Waals surface area (Å²) >= 11 is 1.55. The molecule has 1 saturated heterocycles. The van der Waals surface area contributed by atoms with Crippen LogP contribution in [0.25, 0.3) is 0 Å². The Morgan fingerprint density at radius 3 is 3.00 bits per heavy atom. The van der Waals surface area contributed by atoms with E-state index in [2.05, 4.69) is 9.88 Å². The van der Waals surface area contributed by atoms with E-state index < -0.39 is 0 Å². The van der Waals surface area contributed by atoms with Crippen molar-refractivity contribution in [3.8, 4) is 0 Å². The molecule has 1 aromatic rings. The molecule has 1 aliphatic rings. The monoisotopic (exact) mass is 249 g/mol. The normalized spacial score (nSPS) is 21.5. The van der Waals surface area contributed by atoms with Gasteiger partial charge in [0.2, 0.25) is 0 Å². The van der Waals surface area contributed by atoms with Gasteiger partial charge >= 0.3 is 0 Å². The van der Waals surface area contributed by atoms with Crippen molar-refractivity contribution in [1.82, 2.24) is 9.88 Å². The maximum atomic E-state index is 9.00. The third-order valence-corrected chi connectivity index (χ3v) is 3.39. The third-order valence-electron chi connectivity index (χ3n) is 2.58. The van der Waals surface area contributed by atoms with Gasteiger partial charge in [-0.1, -0.05) is 0 Å². The maximum Gasteiger partial charge on any atom is 0.180 e. The Morgan fingerprint density at radius 2 is 2.47 bits per heavy atom. The molecule has 1 aromatic heterocycles.